The number of anilines is 1. The summed E-state index contributed by atoms with van der Waals surface area (Å²) in [6.45, 7) is 5.20. The molecule has 142 valence electrons. The molecule has 0 bridgehead atoms. The van der Waals surface area contributed by atoms with Gasteiger partial charge >= 0.3 is 12.1 Å². The molecule has 0 spiro atoms. The number of nitrogens with two attached hydrogens (primary N) is 1. The van der Waals surface area contributed by atoms with E-state index < -0.39 is 0 Å². The van der Waals surface area contributed by atoms with Crippen LogP contribution in [-0.4, -0.2) is 68.6 Å². The summed E-state index contributed by atoms with van der Waals surface area (Å²) < 4.78 is 15.8. The largest absolute Gasteiger partial charge is 0.464 e. The zero-order valence-electron chi connectivity index (χ0n) is 14.9. The van der Waals surface area contributed by atoms with E-state index in [9.17, 15) is 9.59 Å². The van der Waals surface area contributed by atoms with Gasteiger partial charge in [-0.2, -0.15) is 0 Å². The van der Waals surface area contributed by atoms with Crippen LogP contribution in [0.3, 0.4) is 0 Å². The van der Waals surface area contributed by atoms with Crippen molar-refractivity contribution in [1.82, 2.24) is 4.90 Å². The first-order valence-electron chi connectivity index (χ1n) is 8.85. The summed E-state index contributed by atoms with van der Waals surface area (Å²) >= 11 is 0. The van der Waals surface area contributed by atoms with Gasteiger partial charge in [-0.3, -0.25) is 9.80 Å². The molecule has 2 heterocycles. The van der Waals surface area contributed by atoms with Crippen molar-refractivity contribution in [3.63, 3.8) is 0 Å². The normalized spacial score (nSPS) is 20.8. The number of nitrogens with zero attached hydrogens (tertiary/aromatic N) is 2. The average molecular weight is 363 g/mol. The van der Waals surface area contributed by atoms with Gasteiger partial charge in [0.1, 0.15) is 12.7 Å². The molecule has 8 nitrogen and oxygen atoms in total. The Bertz CT molecular complexity index is 630. The van der Waals surface area contributed by atoms with Crippen LogP contribution in [0.2, 0.25) is 0 Å². The summed E-state index contributed by atoms with van der Waals surface area (Å²) in [5.41, 5.74) is 7.43. The van der Waals surface area contributed by atoms with Gasteiger partial charge in [0.15, 0.2) is 0 Å². The van der Waals surface area contributed by atoms with E-state index in [4.69, 9.17) is 19.9 Å². The standard InChI is InChI=1S/C18H25N3O5/c1-2-24-17(22)12-25-15-8-20(9-15)10-16-11-21(18(23)26-16)14-5-3-13(7-19)4-6-14/h3-6,15-16H,2,7-12,19H2,1H3. The number of hydrogen-bond acceptors (Lipinski definition) is 7. The van der Waals surface area contributed by atoms with Crippen LogP contribution in [0.5, 0.6) is 0 Å². The number of esters is 1. The van der Waals surface area contributed by atoms with Crippen molar-refractivity contribution in [3.05, 3.63) is 29.8 Å². The molecule has 1 aromatic carbocycles. The Kier molecular flexibility index (Phi) is 6.08. The van der Waals surface area contributed by atoms with Crippen LogP contribution < -0.4 is 10.6 Å². The highest BCUT2D eigenvalue weighted by atomic mass is 16.6. The van der Waals surface area contributed by atoms with Gasteiger partial charge in [0.2, 0.25) is 0 Å². The van der Waals surface area contributed by atoms with Gasteiger partial charge < -0.3 is 19.9 Å². The lowest BCUT2D eigenvalue weighted by Crippen LogP contribution is -2.55. The molecule has 0 aromatic heterocycles. The fraction of sp³-hybridized carbons (Fsp3) is 0.556. The minimum Gasteiger partial charge on any atom is -0.464 e. The maximum atomic E-state index is 12.1. The number of benzene rings is 1. The number of carbonyl (C=O) groups excluding carboxylic acids is 2. The van der Waals surface area contributed by atoms with Gasteiger partial charge in [0.25, 0.3) is 0 Å². The van der Waals surface area contributed by atoms with E-state index in [-0.39, 0.29) is 30.9 Å². The van der Waals surface area contributed by atoms with Gasteiger partial charge in [-0.05, 0) is 24.6 Å². The first-order valence-corrected chi connectivity index (χ1v) is 8.85. The molecule has 1 amide bonds. The number of carbonyl (C=O) groups is 2. The summed E-state index contributed by atoms with van der Waals surface area (Å²) in [5.74, 6) is -0.341. The Morgan fingerprint density at radius 3 is 2.65 bits per heavy atom. The fourth-order valence-corrected chi connectivity index (χ4v) is 3.09. The molecule has 2 aliphatic rings. The van der Waals surface area contributed by atoms with Crippen molar-refractivity contribution in [2.24, 2.45) is 5.73 Å². The smallest absolute Gasteiger partial charge is 0.414 e. The Hall–Kier alpha value is -2.16. The zero-order chi connectivity index (χ0) is 18.5. The van der Waals surface area contributed by atoms with E-state index in [0.29, 0.717) is 26.2 Å². The monoisotopic (exact) mass is 363 g/mol. The predicted octanol–water partition coefficient (Wildman–Crippen LogP) is 0.734. The lowest BCUT2D eigenvalue weighted by Gasteiger charge is -2.39. The summed E-state index contributed by atoms with van der Waals surface area (Å²) in [5, 5.41) is 0. The molecule has 2 fully saturated rings. The van der Waals surface area contributed by atoms with Crippen LogP contribution in [0.15, 0.2) is 24.3 Å². The number of rotatable bonds is 8. The second-order valence-corrected chi connectivity index (χ2v) is 6.44. The van der Waals surface area contributed by atoms with Gasteiger partial charge in [0.05, 0.1) is 19.3 Å². The Morgan fingerprint density at radius 2 is 2.00 bits per heavy atom. The molecule has 1 unspecified atom stereocenters. The second-order valence-electron chi connectivity index (χ2n) is 6.44. The number of cyclic esters (lactones) is 1. The molecule has 1 atom stereocenters. The second kappa shape index (κ2) is 8.48. The van der Waals surface area contributed by atoms with E-state index in [0.717, 1.165) is 24.3 Å². The summed E-state index contributed by atoms with van der Waals surface area (Å²) in [7, 11) is 0. The molecule has 2 aliphatic heterocycles. The van der Waals surface area contributed by atoms with Crippen molar-refractivity contribution in [2.45, 2.75) is 25.7 Å². The van der Waals surface area contributed by atoms with Crippen LogP contribution >= 0.6 is 0 Å². The van der Waals surface area contributed by atoms with Crippen molar-refractivity contribution in [3.8, 4) is 0 Å². The van der Waals surface area contributed by atoms with Crippen LogP contribution in [0.4, 0.5) is 10.5 Å². The topological polar surface area (TPSA) is 94.3 Å². The molecular formula is C18H25N3O5. The highest BCUT2D eigenvalue weighted by Crippen LogP contribution is 2.23. The molecule has 0 saturated carbocycles. The minimum atomic E-state index is -0.341. The van der Waals surface area contributed by atoms with Gasteiger partial charge in [-0.15, -0.1) is 0 Å². The van der Waals surface area contributed by atoms with Crippen molar-refractivity contribution in [1.29, 1.82) is 0 Å². The van der Waals surface area contributed by atoms with Gasteiger partial charge in [-0.25, -0.2) is 9.59 Å². The number of hydrogen-bond donors (Lipinski definition) is 1. The van der Waals surface area contributed by atoms with Crippen molar-refractivity contribution >= 4 is 17.7 Å². The van der Waals surface area contributed by atoms with Gasteiger partial charge in [-0.1, -0.05) is 12.1 Å². The number of ether oxygens (including phenoxy) is 3. The quantitative estimate of drug-likeness (QED) is 0.681. The van der Waals surface area contributed by atoms with Crippen LogP contribution in [0, 0.1) is 0 Å². The van der Waals surface area contributed by atoms with Crippen molar-refractivity contribution in [2.75, 3.05) is 44.3 Å². The number of amides is 1. The summed E-state index contributed by atoms with van der Waals surface area (Å²) in [4.78, 5) is 27.2. The Labute approximate surface area is 152 Å². The third-order valence-corrected chi connectivity index (χ3v) is 4.49. The van der Waals surface area contributed by atoms with E-state index in [1.807, 2.05) is 24.3 Å². The first kappa shape index (κ1) is 18.6. The Balaban J connectivity index is 1.40. The van der Waals surface area contributed by atoms with E-state index >= 15 is 0 Å². The summed E-state index contributed by atoms with van der Waals surface area (Å²) in [6.07, 6.45) is -0.481. The van der Waals surface area contributed by atoms with E-state index in [1.54, 1.807) is 11.8 Å². The van der Waals surface area contributed by atoms with Crippen molar-refractivity contribution < 1.29 is 23.8 Å². The van der Waals surface area contributed by atoms with Crippen LogP contribution in [0.25, 0.3) is 0 Å². The molecule has 0 aliphatic carbocycles. The lowest BCUT2D eigenvalue weighted by atomic mass is 10.1. The molecule has 1 aromatic rings. The summed E-state index contributed by atoms with van der Waals surface area (Å²) in [6, 6.07) is 7.59. The first-order chi connectivity index (χ1) is 12.6. The molecule has 3 rings (SSSR count). The number of likely N-dealkylation sites (tertiary alicyclic amines) is 1. The maximum Gasteiger partial charge on any atom is 0.414 e. The van der Waals surface area contributed by atoms with Gasteiger partial charge in [0, 0.05) is 31.9 Å². The minimum absolute atomic E-state index is 0.0165. The lowest BCUT2D eigenvalue weighted by molar-refractivity contribution is -0.155. The third kappa shape index (κ3) is 4.51. The maximum absolute atomic E-state index is 12.1. The third-order valence-electron chi connectivity index (χ3n) is 4.49. The SMILES string of the molecule is CCOC(=O)COC1CN(CC2CN(c3ccc(CN)cc3)C(=O)O2)C1. The fourth-order valence-electron chi connectivity index (χ4n) is 3.09. The zero-order valence-corrected chi connectivity index (χ0v) is 14.9. The molecule has 0 radical (unpaired) electrons. The van der Waals surface area contributed by atoms with Crippen LogP contribution in [-0.2, 0) is 25.5 Å². The molecule has 8 heteroatoms. The highest BCUT2D eigenvalue weighted by molar-refractivity contribution is 5.89. The highest BCUT2D eigenvalue weighted by Gasteiger charge is 2.37. The Morgan fingerprint density at radius 1 is 1.27 bits per heavy atom. The van der Waals surface area contributed by atoms with E-state index in [2.05, 4.69) is 4.90 Å². The molecule has 2 saturated heterocycles. The predicted molar refractivity (Wildman–Crippen MR) is 94.8 cm³/mol. The molecular weight excluding hydrogens is 338 g/mol. The molecule has 26 heavy (non-hydrogen) atoms. The van der Waals surface area contributed by atoms with Crippen LogP contribution in [0.1, 0.15) is 12.5 Å². The van der Waals surface area contributed by atoms with E-state index in [1.165, 1.54) is 0 Å². The molecule has 2 N–H and O–H groups in total. The average Bonchev–Trinajstić information content (AvgIpc) is 2.97.